The van der Waals surface area contributed by atoms with Gasteiger partial charge in [-0.15, -0.1) is 0 Å². The molecule has 3 heterocycles. The van der Waals surface area contributed by atoms with Gasteiger partial charge in [0.25, 0.3) is 11.4 Å². The summed E-state index contributed by atoms with van der Waals surface area (Å²) in [5, 5.41) is 10.2. The van der Waals surface area contributed by atoms with E-state index in [1.807, 2.05) is 0 Å². The number of H-pyrrole nitrogens is 1. The van der Waals surface area contributed by atoms with Gasteiger partial charge in [0, 0.05) is 0 Å². The number of nitrogens with two attached hydrogens (primary N) is 1. The first-order chi connectivity index (χ1) is 13.2. The number of nitrogens with zero attached hydrogens (tertiary/aromatic N) is 3. The average molecular weight is 461 g/mol. The first kappa shape index (κ1) is 21.9. The maximum atomic E-state index is 15.2. The molecule has 3 rings (SSSR count). The van der Waals surface area contributed by atoms with Gasteiger partial charge < -0.3 is 35.2 Å². The molecule has 0 bridgehead atoms. The molecule has 0 radical (unpaired) electrons. The van der Waals surface area contributed by atoms with Crippen LogP contribution < -0.4 is 11.3 Å². The Morgan fingerprint density at radius 1 is 1.34 bits per heavy atom. The monoisotopic (exact) mass is 461 g/mol. The van der Waals surface area contributed by atoms with Gasteiger partial charge in [-0.2, -0.15) is 4.98 Å². The summed E-state index contributed by atoms with van der Waals surface area (Å²) < 4.78 is 51.4. The molecule has 0 saturated carbocycles. The third-order valence-electron chi connectivity index (χ3n) is 3.75. The summed E-state index contributed by atoms with van der Waals surface area (Å²) in [4.78, 5) is 56.9. The molecular formula is C10H14FN5O11P2. The molecule has 1 aliphatic rings. The van der Waals surface area contributed by atoms with Crippen LogP contribution in [0.4, 0.5) is 10.3 Å². The van der Waals surface area contributed by atoms with E-state index in [-0.39, 0.29) is 11.2 Å². The fourth-order valence-corrected chi connectivity index (χ4v) is 3.62. The maximum Gasteiger partial charge on any atom is 0.470 e. The van der Waals surface area contributed by atoms with Crippen LogP contribution in [0.15, 0.2) is 11.1 Å². The van der Waals surface area contributed by atoms with Gasteiger partial charge in [0.1, 0.15) is 6.10 Å². The van der Waals surface area contributed by atoms with Crippen molar-refractivity contribution < 1.29 is 52.0 Å². The van der Waals surface area contributed by atoms with Crippen LogP contribution in [0, 0.1) is 0 Å². The number of fused-ring (bicyclic) bond motifs is 1. The van der Waals surface area contributed by atoms with Crippen molar-refractivity contribution in [3.8, 4) is 0 Å². The molecule has 162 valence electrons. The molecular weight excluding hydrogens is 447 g/mol. The molecule has 0 aromatic carbocycles. The Hall–Kier alpha value is -1.78. The van der Waals surface area contributed by atoms with Crippen LogP contribution >= 0.6 is 15.6 Å². The Balaban J connectivity index is 2.04. The number of alkyl halides is 1. The number of phosphoric ester groups is 2. The molecule has 0 unspecified atom stereocenters. The summed E-state index contributed by atoms with van der Waals surface area (Å²) in [5.41, 5.74) is 3.91. The van der Waals surface area contributed by atoms with Gasteiger partial charge in [0.15, 0.2) is 23.5 Å². The van der Waals surface area contributed by atoms with Gasteiger partial charge in [0.2, 0.25) is 5.95 Å². The van der Waals surface area contributed by atoms with Crippen LogP contribution in [0.5, 0.6) is 0 Å². The Morgan fingerprint density at radius 2 is 2.00 bits per heavy atom. The first-order valence-electron chi connectivity index (χ1n) is 7.42. The lowest BCUT2D eigenvalue weighted by Gasteiger charge is -2.26. The fraction of sp³-hybridized carbons (Fsp3) is 0.500. The van der Waals surface area contributed by atoms with Gasteiger partial charge in [-0.1, -0.05) is 0 Å². The average Bonchev–Trinajstić information content (AvgIpc) is 3.04. The van der Waals surface area contributed by atoms with Crippen molar-refractivity contribution in [3.63, 3.8) is 0 Å². The van der Waals surface area contributed by atoms with Gasteiger partial charge in [0.05, 0.1) is 12.9 Å². The highest BCUT2D eigenvalue weighted by molar-refractivity contribution is 7.46. The molecule has 0 spiro atoms. The lowest BCUT2D eigenvalue weighted by molar-refractivity contribution is -0.192. The van der Waals surface area contributed by atoms with Crippen LogP contribution in [-0.2, 0) is 22.9 Å². The highest BCUT2D eigenvalue weighted by Crippen LogP contribution is 2.50. The highest BCUT2D eigenvalue weighted by Gasteiger charge is 2.61. The van der Waals surface area contributed by atoms with Crippen molar-refractivity contribution in [3.05, 3.63) is 16.7 Å². The van der Waals surface area contributed by atoms with Crippen molar-refractivity contribution in [2.45, 2.75) is 24.3 Å². The van der Waals surface area contributed by atoms with Gasteiger partial charge in [-0.3, -0.25) is 23.4 Å². The highest BCUT2D eigenvalue weighted by atomic mass is 31.2. The van der Waals surface area contributed by atoms with E-state index in [0.717, 1.165) is 6.33 Å². The van der Waals surface area contributed by atoms with E-state index in [9.17, 15) is 19.0 Å². The van der Waals surface area contributed by atoms with E-state index in [4.69, 9.17) is 30.0 Å². The van der Waals surface area contributed by atoms with Crippen molar-refractivity contribution in [1.82, 2.24) is 19.5 Å². The number of aromatic amines is 1. The number of nitrogen functional groups attached to an aromatic ring is 1. The molecule has 16 nitrogen and oxygen atoms in total. The second-order valence-electron chi connectivity index (χ2n) is 5.83. The van der Waals surface area contributed by atoms with Gasteiger partial charge in [-0.25, -0.2) is 18.5 Å². The summed E-state index contributed by atoms with van der Waals surface area (Å²) in [7, 11) is -10.5. The lowest BCUT2D eigenvalue weighted by atomic mass is 10.1. The Labute approximate surface area is 158 Å². The zero-order chi connectivity index (χ0) is 21.8. The quantitative estimate of drug-likeness (QED) is 0.226. The van der Waals surface area contributed by atoms with Crippen LogP contribution in [0.1, 0.15) is 6.23 Å². The number of anilines is 1. The standard InChI is InChI=1S/C10H14FN5O11P2/c11-10(18)5(27-29(22,23)24)3(1-25-28(19,20)21)26-8(10)16-2-13-4-6(16)14-9(12)15-7(4)17/h2-3,5,8,18H,1H2,(H2,19,20,21)(H2,22,23,24)(H3,12,14,15,17)/t3-,5-,8-,10-/m1/s1. The minimum atomic E-state index is -5.41. The SMILES string of the molecule is Nc1nc2c(ncn2[C@@H]2O[C@H](COP(=O)(O)O)[C@@H](OP(=O)(O)O)[C@]2(O)F)c(=O)[nH]1. The summed E-state index contributed by atoms with van der Waals surface area (Å²) in [6, 6.07) is 0. The summed E-state index contributed by atoms with van der Waals surface area (Å²) in [6.07, 6.45) is -5.71. The van der Waals surface area contributed by atoms with Crippen molar-refractivity contribution in [2.24, 2.45) is 0 Å². The van der Waals surface area contributed by atoms with Gasteiger partial charge in [-0.05, 0) is 0 Å². The lowest BCUT2D eigenvalue weighted by Crippen LogP contribution is -2.44. The maximum absolute atomic E-state index is 15.2. The molecule has 2 aromatic heterocycles. The Morgan fingerprint density at radius 3 is 2.59 bits per heavy atom. The number of ether oxygens (including phenoxy) is 1. The molecule has 2 aromatic rings. The molecule has 4 atom stereocenters. The topological polar surface area (TPSA) is 253 Å². The first-order valence-corrected chi connectivity index (χ1v) is 10.5. The third-order valence-corrected chi connectivity index (χ3v) is 4.74. The number of rotatable bonds is 6. The van der Waals surface area contributed by atoms with Crippen molar-refractivity contribution >= 4 is 32.8 Å². The third kappa shape index (κ3) is 4.54. The van der Waals surface area contributed by atoms with E-state index in [2.05, 4.69) is 24.0 Å². The number of phosphoric acid groups is 2. The second kappa shape index (κ2) is 7.17. The summed E-state index contributed by atoms with van der Waals surface area (Å²) in [6.45, 7) is -1.12. The molecule has 19 heteroatoms. The smallest absolute Gasteiger partial charge is 0.369 e. The van der Waals surface area contributed by atoms with E-state index >= 15 is 4.39 Å². The predicted octanol–water partition coefficient (Wildman–Crippen LogP) is -2.16. The molecule has 0 amide bonds. The molecule has 1 saturated heterocycles. The molecule has 29 heavy (non-hydrogen) atoms. The molecule has 0 aliphatic carbocycles. The van der Waals surface area contributed by atoms with Crippen LogP contribution in [0.2, 0.25) is 0 Å². The predicted molar refractivity (Wildman–Crippen MR) is 87.4 cm³/mol. The number of halogens is 1. The summed E-state index contributed by atoms with van der Waals surface area (Å²) in [5.74, 6) is -4.09. The number of hydrogen-bond donors (Lipinski definition) is 7. The molecule has 1 aliphatic heterocycles. The van der Waals surface area contributed by atoms with Crippen LogP contribution in [0.25, 0.3) is 11.2 Å². The van der Waals surface area contributed by atoms with Gasteiger partial charge >= 0.3 is 15.6 Å². The fourth-order valence-electron chi connectivity index (χ4n) is 2.70. The van der Waals surface area contributed by atoms with Crippen LogP contribution in [0.3, 0.4) is 0 Å². The summed E-state index contributed by atoms with van der Waals surface area (Å²) >= 11 is 0. The van der Waals surface area contributed by atoms with Crippen molar-refractivity contribution in [2.75, 3.05) is 12.3 Å². The number of aromatic nitrogens is 4. The number of hydrogen-bond acceptors (Lipinski definition) is 10. The van der Waals surface area contributed by atoms with Crippen molar-refractivity contribution in [1.29, 1.82) is 0 Å². The second-order valence-corrected chi connectivity index (χ2v) is 8.26. The van der Waals surface area contributed by atoms with E-state index in [1.54, 1.807) is 0 Å². The molecule has 1 fully saturated rings. The number of aliphatic hydroxyl groups is 1. The van der Waals surface area contributed by atoms with Crippen LogP contribution in [-0.4, -0.2) is 68.9 Å². The number of nitrogens with one attached hydrogen (secondary N) is 1. The Kier molecular flexibility index (Phi) is 5.42. The minimum absolute atomic E-state index is 0.332. The molecule has 8 N–H and O–H groups in total. The largest absolute Gasteiger partial charge is 0.470 e. The minimum Gasteiger partial charge on any atom is -0.369 e. The zero-order valence-electron chi connectivity index (χ0n) is 13.9. The van der Waals surface area contributed by atoms with E-state index < -0.39 is 58.1 Å². The normalized spacial score (nSPS) is 28.3. The number of imidazole rings is 1. The van der Waals surface area contributed by atoms with E-state index in [1.165, 1.54) is 0 Å². The Bertz CT molecular complexity index is 1080. The zero-order valence-corrected chi connectivity index (χ0v) is 15.7. The van der Waals surface area contributed by atoms with E-state index in [0.29, 0.717) is 4.57 Å².